The number of nitrogens with zero attached hydrogens (tertiary/aromatic N) is 1. The van der Waals surface area contributed by atoms with E-state index < -0.39 is 0 Å². The van der Waals surface area contributed by atoms with E-state index in [1.165, 1.54) is 12.1 Å². The van der Waals surface area contributed by atoms with Crippen LogP contribution < -0.4 is 10.1 Å². The lowest BCUT2D eigenvalue weighted by Gasteiger charge is -2.42. The first-order valence-corrected chi connectivity index (χ1v) is 11.2. The molecule has 0 atom stereocenters. The lowest BCUT2D eigenvalue weighted by Crippen LogP contribution is -2.53. The number of nitrogens with one attached hydrogen (secondary N) is 1. The summed E-state index contributed by atoms with van der Waals surface area (Å²) in [5, 5.41) is 3.03. The van der Waals surface area contributed by atoms with Gasteiger partial charge in [-0.3, -0.25) is 9.69 Å². The fourth-order valence-electron chi connectivity index (χ4n) is 4.35. The van der Waals surface area contributed by atoms with Gasteiger partial charge >= 0.3 is 0 Å². The van der Waals surface area contributed by atoms with Crippen LogP contribution in [-0.4, -0.2) is 49.3 Å². The number of piperidine rings is 1. The number of benzene rings is 2. The maximum atomic E-state index is 13.2. The van der Waals surface area contributed by atoms with Crippen molar-refractivity contribution in [1.29, 1.82) is 0 Å². The first kappa shape index (κ1) is 21.8. The van der Waals surface area contributed by atoms with Gasteiger partial charge in [-0.2, -0.15) is 0 Å². The lowest BCUT2D eigenvalue weighted by atomic mass is 9.90. The minimum absolute atomic E-state index is 0.0176. The number of fused-ring (bicyclic) bond motifs is 1. The largest absolute Gasteiger partial charge is 0.483 e. The Bertz CT molecular complexity index is 863. The van der Waals surface area contributed by atoms with Crippen LogP contribution in [0.2, 0.25) is 0 Å². The number of halogens is 1. The minimum Gasteiger partial charge on any atom is -0.483 e. The summed E-state index contributed by atoms with van der Waals surface area (Å²) in [5.41, 5.74) is 1.91. The van der Waals surface area contributed by atoms with Gasteiger partial charge in [-0.05, 0) is 61.4 Å². The van der Waals surface area contributed by atoms with Gasteiger partial charge in [0.15, 0.2) is 6.61 Å². The Morgan fingerprint density at radius 1 is 1.03 bits per heavy atom. The fourth-order valence-corrected chi connectivity index (χ4v) is 4.35. The van der Waals surface area contributed by atoms with Crippen molar-refractivity contribution in [1.82, 2.24) is 10.2 Å². The van der Waals surface area contributed by atoms with Gasteiger partial charge in [0, 0.05) is 32.8 Å². The molecule has 0 saturated carbocycles. The topological polar surface area (TPSA) is 50.8 Å². The van der Waals surface area contributed by atoms with Gasteiger partial charge < -0.3 is 14.8 Å². The second-order valence-electron chi connectivity index (χ2n) is 8.56. The predicted octanol–water partition coefficient (Wildman–Crippen LogP) is 3.71. The molecule has 0 unspecified atom stereocenters. The summed E-state index contributed by atoms with van der Waals surface area (Å²) in [5.74, 6) is 0.467. The standard InChI is InChI=1S/C25H31FN2O3/c26-22-10-8-20(9-11-22)17-28-14-12-25(13-15-28)19-27-24(29)18-30-23-7-2-1-5-21(23)6-3-4-16-31-25/h1-2,5,7-11H,3-4,6,12-19H2,(H,27,29). The monoisotopic (exact) mass is 426 g/mol. The molecule has 1 N–H and O–H groups in total. The van der Waals surface area contributed by atoms with Crippen molar-refractivity contribution in [3.05, 3.63) is 65.5 Å². The number of carbonyl (C=O) groups excluding carboxylic acids is 1. The van der Waals surface area contributed by atoms with Crippen molar-refractivity contribution in [3.63, 3.8) is 0 Å². The van der Waals surface area contributed by atoms with E-state index in [0.717, 1.165) is 68.6 Å². The Labute approximate surface area is 183 Å². The molecule has 2 aromatic carbocycles. The SMILES string of the molecule is O=C1COc2ccccc2CCCCOC2(CCN(Cc3ccc(F)cc3)CC2)CN1. The van der Waals surface area contributed by atoms with Crippen LogP contribution >= 0.6 is 0 Å². The number of aryl methyl sites for hydroxylation is 1. The number of likely N-dealkylation sites (tertiary alicyclic amines) is 1. The molecule has 0 bridgehead atoms. The number of amides is 1. The summed E-state index contributed by atoms with van der Waals surface area (Å²) in [4.78, 5) is 14.8. The molecule has 31 heavy (non-hydrogen) atoms. The van der Waals surface area contributed by atoms with Crippen molar-refractivity contribution in [2.24, 2.45) is 0 Å². The van der Waals surface area contributed by atoms with E-state index in [9.17, 15) is 9.18 Å². The molecule has 2 aromatic rings. The summed E-state index contributed by atoms with van der Waals surface area (Å²) >= 11 is 0. The van der Waals surface area contributed by atoms with Gasteiger partial charge in [0.25, 0.3) is 5.91 Å². The van der Waals surface area contributed by atoms with Crippen LogP contribution in [0, 0.1) is 5.82 Å². The highest BCUT2D eigenvalue weighted by Gasteiger charge is 2.36. The zero-order valence-electron chi connectivity index (χ0n) is 17.9. The molecule has 0 aliphatic carbocycles. The van der Waals surface area contributed by atoms with Crippen molar-refractivity contribution in [2.75, 3.05) is 32.8 Å². The number of carbonyl (C=O) groups is 1. The number of rotatable bonds is 2. The van der Waals surface area contributed by atoms with Gasteiger partial charge in [0.2, 0.25) is 0 Å². The highest BCUT2D eigenvalue weighted by Crippen LogP contribution is 2.28. The molecule has 1 amide bonds. The molecule has 0 aromatic heterocycles. The molecule has 4 rings (SSSR count). The second kappa shape index (κ2) is 10.2. The maximum absolute atomic E-state index is 13.2. The highest BCUT2D eigenvalue weighted by atomic mass is 19.1. The summed E-state index contributed by atoms with van der Waals surface area (Å²) in [6.07, 6.45) is 4.63. The number of para-hydroxylation sites is 1. The van der Waals surface area contributed by atoms with E-state index in [-0.39, 0.29) is 23.9 Å². The number of ether oxygens (including phenoxy) is 2. The van der Waals surface area contributed by atoms with Crippen LogP contribution in [-0.2, 0) is 22.5 Å². The zero-order chi connectivity index (χ0) is 21.5. The van der Waals surface area contributed by atoms with E-state index in [1.54, 1.807) is 0 Å². The van der Waals surface area contributed by atoms with E-state index in [0.29, 0.717) is 13.2 Å². The van der Waals surface area contributed by atoms with Gasteiger partial charge in [-0.15, -0.1) is 0 Å². The Morgan fingerprint density at radius 2 is 1.81 bits per heavy atom. The maximum Gasteiger partial charge on any atom is 0.258 e. The lowest BCUT2D eigenvalue weighted by molar-refractivity contribution is -0.127. The van der Waals surface area contributed by atoms with Gasteiger partial charge in [-0.1, -0.05) is 30.3 Å². The first-order valence-electron chi connectivity index (χ1n) is 11.2. The summed E-state index contributed by atoms with van der Waals surface area (Å²) in [6, 6.07) is 14.6. The van der Waals surface area contributed by atoms with Crippen molar-refractivity contribution in [2.45, 2.75) is 44.2 Å². The summed E-state index contributed by atoms with van der Waals surface area (Å²) in [6.45, 7) is 3.78. The van der Waals surface area contributed by atoms with E-state index >= 15 is 0 Å². The summed E-state index contributed by atoms with van der Waals surface area (Å²) < 4.78 is 25.3. The molecule has 0 radical (unpaired) electrons. The third-order valence-corrected chi connectivity index (χ3v) is 6.27. The van der Waals surface area contributed by atoms with Crippen molar-refractivity contribution >= 4 is 5.91 Å². The first-order chi connectivity index (χ1) is 15.1. The fraction of sp³-hybridized carbons (Fsp3) is 0.480. The molecule has 2 heterocycles. The smallest absolute Gasteiger partial charge is 0.258 e. The third kappa shape index (κ3) is 6.05. The zero-order valence-corrected chi connectivity index (χ0v) is 17.9. The average molecular weight is 427 g/mol. The van der Waals surface area contributed by atoms with Gasteiger partial charge in [0.1, 0.15) is 11.6 Å². The quantitative estimate of drug-likeness (QED) is 0.796. The van der Waals surface area contributed by atoms with Crippen LogP contribution in [0.3, 0.4) is 0 Å². The molecular formula is C25H31FN2O3. The molecular weight excluding hydrogens is 395 g/mol. The summed E-state index contributed by atoms with van der Waals surface area (Å²) in [7, 11) is 0. The highest BCUT2D eigenvalue weighted by molar-refractivity contribution is 5.77. The van der Waals surface area contributed by atoms with E-state index in [2.05, 4.69) is 16.3 Å². The van der Waals surface area contributed by atoms with E-state index in [4.69, 9.17) is 9.47 Å². The van der Waals surface area contributed by atoms with Crippen LogP contribution in [0.1, 0.15) is 36.8 Å². The van der Waals surface area contributed by atoms with Crippen LogP contribution in [0.4, 0.5) is 4.39 Å². The molecule has 2 aliphatic rings. The number of hydrogen-bond donors (Lipinski definition) is 1. The molecule has 2 aliphatic heterocycles. The molecule has 6 heteroatoms. The normalized spacial score (nSPS) is 20.5. The van der Waals surface area contributed by atoms with Crippen LogP contribution in [0.25, 0.3) is 0 Å². The molecule has 5 nitrogen and oxygen atoms in total. The van der Waals surface area contributed by atoms with Crippen molar-refractivity contribution in [3.8, 4) is 5.75 Å². The third-order valence-electron chi connectivity index (χ3n) is 6.27. The van der Waals surface area contributed by atoms with E-state index in [1.807, 2.05) is 30.3 Å². The second-order valence-corrected chi connectivity index (χ2v) is 8.56. The van der Waals surface area contributed by atoms with Gasteiger partial charge in [0.05, 0.1) is 5.60 Å². The Balaban J connectivity index is 1.35. The Kier molecular flexibility index (Phi) is 7.20. The van der Waals surface area contributed by atoms with Crippen LogP contribution in [0.15, 0.2) is 48.5 Å². The Hall–Kier alpha value is -2.44. The van der Waals surface area contributed by atoms with Gasteiger partial charge in [-0.25, -0.2) is 4.39 Å². The van der Waals surface area contributed by atoms with Crippen LogP contribution in [0.5, 0.6) is 5.75 Å². The predicted molar refractivity (Wildman–Crippen MR) is 117 cm³/mol. The Morgan fingerprint density at radius 3 is 2.61 bits per heavy atom. The average Bonchev–Trinajstić information content (AvgIpc) is 2.80. The van der Waals surface area contributed by atoms with Crippen molar-refractivity contribution < 1.29 is 18.7 Å². The molecule has 1 spiro atoms. The molecule has 1 fully saturated rings. The molecule has 166 valence electrons. The minimum atomic E-state index is -0.337. The number of hydrogen-bond acceptors (Lipinski definition) is 4. The molecule has 1 saturated heterocycles.